The third kappa shape index (κ3) is 2.60. The molecule has 3 N–H and O–H groups in total. The molecular weight excluding hydrogens is 326 g/mol. The van der Waals surface area contributed by atoms with Crippen LogP contribution in [0.25, 0.3) is 28.2 Å². The summed E-state index contributed by atoms with van der Waals surface area (Å²) >= 11 is 0. The summed E-state index contributed by atoms with van der Waals surface area (Å²) in [5.74, 6) is 0.952. The molecular formula is C20H19N5O. The predicted octanol–water partition coefficient (Wildman–Crippen LogP) is 3.17. The minimum absolute atomic E-state index is 0.170. The number of rotatable bonds is 3. The van der Waals surface area contributed by atoms with E-state index in [4.69, 9.17) is 18.4 Å². The van der Waals surface area contributed by atoms with Gasteiger partial charge in [0, 0.05) is 17.6 Å². The molecule has 3 heterocycles. The number of anilines is 1. The smallest absolute Gasteiger partial charge is 0.165 e. The van der Waals surface area contributed by atoms with Gasteiger partial charge in [0.2, 0.25) is 0 Å². The summed E-state index contributed by atoms with van der Waals surface area (Å²) in [4.78, 5) is 13.6. The molecule has 0 atom stereocenters. The van der Waals surface area contributed by atoms with Gasteiger partial charge >= 0.3 is 0 Å². The highest BCUT2D eigenvalue weighted by atomic mass is 16.3. The Bertz CT molecular complexity index is 1180. The van der Waals surface area contributed by atoms with Crippen molar-refractivity contribution in [3.63, 3.8) is 0 Å². The largest absolute Gasteiger partial charge is 0.392 e. The van der Waals surface area contributed by atoms with Gasteiger partial charge in [-0.25, -0.2) is 15.0 Å². The third-order valence-corrected chi connectivity index (χ3v) is 4.41. The molecule has 4 rings (SSSR count). The number of nitrogens with two attached hydrogens (primary N) is 1. The average Bonchev–Trinajstić information content (AvgIpc) is 3.00. The fraction of sp³-hybridized carbons (Fsp3) is 0.150. The molecule has 0 amide bonds. The van der Waals surface area contributed by atoms with Crippen LogP contribution in [0, 0.1) is 13.8 Å². The summed E-state index contributed by atoms with van der Waals surface area (Å²) in [6.07, 6.45) is 1.62. The fourth-order valence-electron chi connectivity index (χ4n) is 2.91. The summed E-state index contributed by atoms with van der Waals surface area (Å²) in [6, 6.07) is 12.1. The summed E-state index contributed by atoms with van der Waals surface area (Å²) in [6.45, 7) is 1.52. The van der Waals surface area contributed by atoms with E-state index in [2.05, 4.69) is 4.98 Å². The Kier molecular flexibility index (Phi) is 3.35. The minimum atomic E-state index is -2.40. The van der Waals surface area contributed by atoms with Gasteiger partial charge in [0.15, 0.2) is 11.5 Å². The molecule has 26 heavy (non-hydrogen) atoms. The molecule has 6 nitrogen and oxygen atoms in total. The number of hydrogen-bond donors (Lipinski definition) is 2. The van der Waals surface area contributed by atoms with Gasteiger partial charge in [0.1, 0.15) is 11.3 Å². The number of nitrogen functional groups attached to an aromatic ring is 1. The van der Waals surface area contributed by atoms with Crippen LogP contribution in [-0.2, 0) is 6.56 Å². The van der Waals surface area contributed by atoms with Crippen LogP contribution in [0.1, 0.15) is 19.6 Å². The van der Waals surface area contributed by atoms with Gasteiger partial charge < -0.3 is 10.8 Å². The van der Waals surface area contributed by atoms with E-state index in [1.807, 2.05) is 30.5 Å². The molecule has 0 radical (unpaired) electrons. The number of benzene rings is 1. The first kappa shape index (κ1) is 14.0. The van der Waals surface area contributed by atoms with Gasteiger partial charge in [-0.2, -0.15) is 0 Å². The van der Waals surface area contributed by atoms with Crippen LogP contribution in [0.2, 0.25) is 0 Å². The van der Waals surface area contributed by atoms with Crippen molar-refractivity contribution in [1.82, 2.24) is 19.5 Å². The highest BCUT2D eigenvalue weighted by molar-refractivity contribution is 5.83. The average molecular weight is 347 g/mol. The van der Waals surface area contributed by atoms with E-state index in [9.17, 15) is 5.11 Å². The number of imidazole rings is 1. The minimum Gasteiger partial charge on any atom is -0.392 e. The number of hydrogen-bond acceptors (Lipinski definition) is 5. The second kappa shape index (κ2) is 6.24. The van der Waals surface area contributed by atoms with Crippen molar-refractivity contribution in [1.29, 1.82) is 0 Å². The first-order valence-corrected chi connectivity index (χ1v) is 8.16. The third-order valence-electron chi connectivity index (χ3n) is 4.41. The first-order valence-electron chi connectivity index (χ1n) is 9.16. The van der Waals surface area contributed by atoms with Crippen molar-refractivity contribution in [2.24, 2.45) is 0 Å². The predicted molar refractivity (Wildman–Crippen MR) is 102 cm³/mol. The van der Waals surface area contributed by atoms with Gasteiger partial charge in [-0.15, -0.1) is 0 Å². The fourth-order valence-corrected chi connectivity index (χ4v) is 2.91. The number of aryl methyl sites for hydroxylation is 2. The number of pyridine rings is 2. The maximum absolute atomic E-state index is 9.60. The zero-order chi connectivity index (χ0) is 20.1. The molecule has 0 aliphatic rings. The zero-order valence-corrected chi connectivity index (χ0v) is 14.4. The molecule has 0 saturated heterocycles. The lowest BCUT2D eigenvalue weighted by atomic mass is 10.2. The van der Waals surface area contributed by atoms with E-state index in [1.165, 1.54) is 0 Å². The van der Waals surface area contributed by atoms with Gasteiger partial charge in [-0.05, 0) is 55.3 Å². The van der Waals surface area contributed by atoms with E-state index in [1.54, 1.807) is 36.5 Å². The van der Waals surface area contributed by atoms with Gasteiger partial charge in [-0.3, -0.25) is 4.57 Å². The van der Waals surface area contributed by atoms with Crippen molar-refractivity contribution in [2.75, 3.05) is 5.73 Å². The zero-order valence-electron chi connectivity index (χ0n) is 16.4. The van der Waals surface area contributed by atoms with E-state index < -0.39 is 6.56 Å². The molecule has 3 aromatic heterocycles. The van der Waals surface area contributed by atoms with Crippen molar-refractivity contribution in [3.8, 4) is 17.1 Å². The first-order chi connectivity index (χ1) is 13.3. The molecule has 0 aliphatic carbocycles. The molecule has 130 valence electrons. The normalized spacial score (nSPS) is 12.9. The summed E-state index contributed by atoms with van der Waals surface area (Å²) in [5.41, 5.74) is 11.0. The lowest BCUT2D eigenvalue weighted by Gasteiger charge is -2.11. The van der Waals surface area contributed by atoms with Crippen LogP contribution in [0.4, 0.5) is 5.82 Å². The van der Waals surface area contributed by atoms with Crippen LogP contribution in [0.5, 0.6) is 0 Å². The molecule has 0 spiro atoms. The van der Waals surface area contributed by atoms with Crippen LogP contribution in [0.15, 0.2) is 48.7 Å². The van der Waals surface area contributed by atoms with Crippen molar-refractivity contribution >= 4 is 17.0 Å². The molecule has 0 unspecified atom stereocenters. The molecule has 0 bridgehead atoms. The molecule has 0 aliphatic heterocycles. The molecule has 1 aromatic carbocycles. The monoisotopic (exact) mass is 347 g/mol. The van der Waals surface area contributed by atoms with E-state index in [0.717, 1.165) is 22.5 Å². The van der Waals surface area contributed by atoms with Crippen LogP contribution >= 0.6 is 0 Å². The van der Waals surface area contributed by atoms with Crippen LogP contribution < -0.4 is 5.73 Å². The topological polar surface area (TPSA) is 89.8 Å². The quantitative estimate of drug-likeness (QED) is 0.594. The lowest BCUT2D eigenvalue weighted by molar-refractivity contribution is 0.282. The number of aliphatic hydroxyl groups is 1. The second-order valence-electron chi connectivity index (χ2n) is 6.10. The van der Waals surface area contributed by atoms with E-state index in [0.29, 0.717) is 22.9 Å². The number of nitrogens with zero attached hydrogens (tertiary/aromatic N) is 4. The van der Waals surface area contributed by atoms with Crippen LogP contribution in [0.3, 0.4) is 0 Å². The number of fused-ring (bicyclic) bond motifs is 1. The van der Waals surface area contributed by atoms with E-state index >= 15 is 0 Å². The highest BCUT2D eigenvalue weighted by Crippen LogP contribution is 2.31. The van der Waals surface area contributed by atoms with Crippen molar-refractivity contribution in [2.45, 2.75) is 20.4 Å². The van der Waals surface area contributed by atoms with Gasteiger partial charge in [0.25, 0.3) is 0 Å². The second-order valence-corrected chi connectivity index (χ2v) is 6.10. The van der Waals surface area contributed by atoms with Gasteiger partial charge in [0.05, 0.1) is 14.9 Å². The standard InChI is InChI=1S/C20H19N5O/c1-12-10-17-20(23-13(12)2)25(15-7-5-14(11-26)6-8-15)19(24-17)16-4-3-9-22-18(16)21/h3-10,26H,11H2,1-2H3,(H2,21,22)/i11D2. The Balaban J connectivity index is 2.01. The Labute approximate surface area is 153 Å². The lowest BCUT2D eigenvalue weighted by Crippen LogP contribution is -2.02. The summed E-state index contributed by atoms with van der Waals surface area (Å²) in [5, 5.41) is 9.60. The maximum Gasteiger partial charge on any atom is 0.165 e. The Morgan fingerprint density at radius 2 is 1.92 bits per heavy atom. The summed E-state index contributed by atoms with van der Waals surface area (Å²) < 4.78 is 16.8. The number of aromatic nitrogens is 4. The van der Waals surface area contributed by atoms with Crippen LogP contribution in [-0.4, -0.2) is 24.6 Å². The Hall–Kier alpha value is -3.25. The Morgan fingerprint density at radius 1 is 1.15 bits per heavy atom. The molecule has 6 heteroatoms. The van der Waals surface area contributed by atoms with Crippen molar-refractivity contribution in [3.05, 3.63) is 65.5 Å². The van der Waals surface area contributed by atoms with E-state index in [-0.39, 0.29) is 5.56 Å². The molecule has 0 saturated carbocycles. The Morgan fingerprint density at radius 3 is 2.62 bits per heavy atom. The maximum atomic E-state index is 9.60. The summed E-state index contributed by atoms with van der Waals surface area (Å²) in [7, 11) is 0. The van der Waals surface area contributed by atoms with Gasteiger partial charge in [-0.1, -0.05) is 12.1 Å². The molecule has 4 aromatic rings. The SMILES string of the molecule is [2H]C([2H])(O)c1ccc(-n2c(-c3cccnc3N)nc3cc(C)c(C)nc32)cc1. The highest BCUT2D eigenvalue weighted by Gasteiger charge is 2.18. The molecule has 0 fully saturated rings. The van der Waals surface area contributed by atoms with Crippen molar-refractivity contribution < 1.29 is 7.85 Å².